The van der Waals surface area contributed by atoms with Crippen LogP contribution in [0.15, 0.2) is 0 Å². The third-order valence-corrected chi connectivity index (χ3v) is 3.93. The number of aliphatic hydroxyl groups is 1. The summed E-state index contributed by atoms with van der Waals surface area (Å²) in [5.41, 5.74) is -1.43. The van der Waals surface area contributed by atoms with Crippen molar-refractivity contribution in [2.24, 2.45) is 0 Å². The van der Waals surface area contributed by atoms with E-state index in [0.717, 1.165) is 19.5 Å². The van der Waals surface area contributed by atoms with Gasteiger partial charge in [0.05, 0.1) is 12.0 Å². The van der Waals surface area contributed by atoms with Crippen LogP contribution in [0.2, 0.25) is 0 Å². The Bertz CT molecular complexity index is 369. The first-order chi connectivity index (χ1) is 9.79. The lowest BCUT2D eigenvalue weighted by Crippen LogP contribution is -2.47. The summed E-state index contributed by atoms with van der Waals surface area (Å²) in [4.78, 5) is 26.7. The molecule has 2 amide bonds. The monoisotopic (exact) mass is 301 g/mol. The van der Waals surface area contributed by atoms with Crippen molar-refractivity contribution in [1.82, 2.24) is 15.1 Å². The van der Waals surface area contributed by atoms with Gasteiger partial charge in [0.1, 0.15) is 0 Å². The number of carboxylic acids is 1. The molecule has 1 fully saturated rings. The fraction of sp³-hybridized carbons (Fsp3) is 0.857. The summed E-state index contributed by atoms with van der Waals surface area (Å²) in [6, 6.07) is 0.139. The Morgan fingerprint density at radius 3 is 2.52 bits per heavy atom. The average molecular weight is 301 g/mol. The lowest BCUT2D eigenvalue weighted by molar-refractivity contribution is -0.141. The lowest BCUT2D eigenvalue weighted by atomic mass is 10.0. The molecule has 3 N–H and O–H groups in total. The number of hydrogen-bond acceptors (Lipinski definition) is 4. The van der Waals surface area contributed by atoms with E-state index in [1.165, 1.54) is 6.92 Å². The summed E-state index contributed by atoms with van der Waals surface area (Å²) >= 11 is 0. The Balaban J connectivity index is 2.42. The molecule has 0 aromatic carbocycles. The molecule has 0 bridgehead atoms. The van der Waals surface area contributed by atoms with Crippen LogP contribution in [-0.2, 0) is 4.79 Å². The van der Waals surface area contributed by atoms with E-state index in [1.54, 1.807) is 4.90 Å². The highest BCUT2D eigenvalue weighted by atomic mass is 16.4. The number of aliphatic carboxylic acids is 1. The zero-order valence-corrected chi connectivity index (χ0v) is 13.1. The van der Waals surface area contributed by atoms with Gasteiger partial charge in [0, 0.05) is 25.7 Å². The van der Waals surface area contributed by atoms with Crippen LogP contribution in [0.4, 0.5) is 4.79 Å². The number of carboxylic acid groups (broad SMARTS) is 1. The maximum absolute atomic E-state index is 12.1. The number of nitrogens with one attached hydrogen (secondary N) is 1. The van der Waals surface area contributed by atoms with Crippen molar-refractivity contribution < 1.29 is 19.8 Å². The topological polar surface area (TPSA) is 93.1 Å². The third kappa shape index (κ3) is 5.51. The first-order valence-corrected chi connectivity index (χ1v) is 7.50. The number of likely N-dealkylation sites (tertiary alicyclic amines) is 1. The van der Waals surface area contributed by atoms with Crippen molar-refractivity contribution in [2.75, 3.05) is 32.7 Å². The van der Waals surface area contributed by atoms with E-state index in [4.69, 9.17) is 5.11 Å². The van der Waals surface area contributed by atoms with Crippen LogP contribution < -0.4 is 5.32 Å². The SMILES string of the molecule is CCN(CC)C1CCN(C(=O)NCC(C)(O)CC(=O)O)C1. The van der Waals surface area contributed by atoms with Gasteiger partial charge in [-0.15, -0.1) is 0 Å². The Hall–Kier alpha value is -1.34. The average Bonchev–Trinajstić information content (AvgIpc) is 2.86. The quantitative estimate of drug-likeness (QED) is 0.630. The summed E-state index contributed by atoms with van der Waals surface area (Å²) in [5.74, 6) is -1.09. The van der Waals surface area contributed by atoms with Crippen LogP contribution in [-0.4, -0.2) is 76.4 Å². The molecule has 1 aliphatic heterocycles. The standard InChI is InChI=1S/C14H27N3O4/c1-4-16(5-2)11-6-7-17(9-11)13(20)15-10-14(3,21)8-12(18)19/h11,21H,4-10H2,1-3H3,(H,15,20)(H,18,19). The van der Waals surface area contributed by atoms with Crippen LogP contribution in [0.5, 0.6) is 0 Å². The van der Waals surface area contributed by atoms with Gasteiger partial charge in [0.15, 0.2) is 0 Å². The van der Waals surface area contributed by atoms with Crippen LogP contribution in [0.3, 0.4) is 0 Å². The van der Waals surface area contributed by atoms with Gasteiger partial charge in [-0.2, -0.15) is 0 Å². The van der Waals surface area contributed by atoms with E-state index in [-0.39, 0.29) is 12.6 Å². The van der Waals surface area contributed by atoms with Crippen molar-refractivity contribution in [3.05, 3.63) is 0 Å². The first kappa shape index (κ1) is 17.7. The molecule has 0 radical (unpaired) electrons. The molecule has 1 rings (SSSR count). The Morgan fingerprint density at radius 2 is 2.00 bits per heavy atom. The molecule has 1 aliphatic rings. The molecule has 0 aromatic heterocycles. The maximum Gasteiger partial charge on any atom is 0.317 e. The Kier molecular flexibility index (Phi) is 6.42. The maximum atomic E-state index is 12.1. The number of carbonyl (C=O) groups is 2. The number of likely N-dealkylation sites (N-methyl/N-ethyl adjacent to an activating group) is 1. The number of rotatable bonds is 7. The number of carbonyl (C=O) groups excluding carboxylic acids is 1. The molecule has 2 atom stereocenters. The predicted octanol–water partition coefficient (Wildman–Crippen LogP) is 0.338. The largest absolute Gasteiger partial charge is 0.481 e. The highest BCUT2D eigenvalue weighted by molar-refractivity contribution is 5.75. The van der Waals surface area contributed by atoms with Crippen molar-refractivity contribution >= 4 is 12.0 Å². The highest BCUT2D eigenvalue weighted by Gasteiger charge is 2.31. The lowest BCUT2D eigenvalue weighted by Gasteiger charge is -2.27. The van der Waals surface area contributed by atoms with Crippen molar-refractivity contribution in [3.8, 4) is 0 Å². The van der Waals surface area contributed by atoms with Gasteiger partial charge in [-0.1, -0.05) is 13.8 Å². The minimum Gasteiger partial charge on any atom is -0.481 e. The van der Waals surface area contributed by atoms with Gasteiger partial charge < -0.3 is 20.4 Å². The van der Waals surface area contributed by atoms with Crippen LogP contribution in [0.25, 0.3) is 0 Å². The molecule has 0 saturated carbocycles. The van der Waals surface area contributed by atoms with Gasteiger partial charge in [-0.25, -0.2) is 4.79 Å². The van der Waals surface area contributed by atoms with Crippen molar-refractivity contribution in [3.63, 3.8) is 0 Å². The molecule has 1 heterocycles. The third-order valence-electron chi connectivity index (χ3n) is 3.93. The second kappa shape index (κ2) is 7.61. The molecule has 1 saturated heterocycles. The van der Waals surface area contributed by atoms with E-state index >= 15 is 0 Å². The number of amides is 2. The second-order valence-corrected chi connectivity index (χ2v) is 5.84. The Morgan fingerprint density at radius 1 is 1.38 bits per heavy atom. The molecular weight excluding hydrogens is 274 g/mol. The van der Waals surface area contributed by atoms with Crippen LogP contribution in [0.1, 0.15) is 33.6 Å². The molecule has 0 aliphatic carbocycles. The fourth-order valence-electron chi connectivity index (χ4n) is 2.73. The van der Waals surface area contributed by atoms with Crippen LogP contribution >= 0.6 is 0 Å². The highest BCUT2D eigenvalue weighted by Crippen LogP contribution is 2.15. The molecule has 0 spiro atoms. The molecule has 2 unspecified atom stereocenters. The zero-order chi connectivity index (χ0) is 16.0. The van der Waals surface area contributed by atoms with Gasteiger partial charge in [0.2, 0.25) is 0 Å². The van der Waals surface area contributed by atoms with Gasteiger partial charge in [-0.05, 0) is 26.4 Å². The normalized spacial score (nSPS) is 21.4. The molecule has 21 heavy (non-hydrogen) atoms. The van der Waals surface area contributed by atoms with Crippen molar-refractivity contribution in [1.29, 1.82) is 0 Å². The predicted molar refractivity (Wildman–Crippen MR) is 79.2 cm³/mol. The minimum atomic E-state index is -1.43. The van der Waals surface area contributed by atoms with Gasteiger partial charge in [-0.3, -0.25) is 9.69 Å². The summed E-state index contributed by atoms with van der Waals surface area (Å²) in [6.07, 6.45) is 0.552. The summed E-state index contributed by atoms with van der Waals surface area (Å²) in [5, 5.41) is 21.2. The zero-order valence-electron chi connectivity index (χ0n) is 13.1. The molecular formula is C14H27N3O4. The minimum absolute atomic E-state index is 0.0649. The number of urea groups is 1. The summed E-state index contributed by atoms with van der Waals surface area (Å²) in [6.45, 7) is 8.84. The number of nitrogens with zero attached hydrogens (tertiary/aromatic N) is 2. The molecule has 122 valence electrons. The van der Waals surface area contributed by atoms with Gasteiger partial charge >= 0.3 is 12.0 Å². The number of hydrogen-bond donors (Lipinski definition) is 3. The molecule has 0 aromatic rings. The van der Waals surface area contributed by atoms with E-state index in [9.17, 15) is 14.7 Å². The second-order valence-electron chi connectivity index (χ2n) is 5.84. The van der Waals surface area contributed by atoms with Crippen LogP contribution in [0, 0.1) is 0 Å². The van der Waals surface area contributed by atoms with Crippen molar-refractivity contribution in [2.45, 2.75) is 45.3 Å². The van der Waals surface area contributed by atoms with E-state index in [2.05, 4.69) is 24.1 Å². The Labute approximate surface area is 125 Å². The van der Waals surface area contributed by atoms with E-state index < -0.39 is 18.0 Å². The van der Waals surface area contributed by atoms with Gasteiger partial charge in [0.25, 0.3) is 0 Å². The molecule has 7 nitrogen and oxygen atoms in total. The smallest absolute Gasteiger partial charge is 0.317 e. The first-order valence-electron chi connectivity index (χ1n) is 7.50. The molecule has 7 heteroatoms. The van der Waals surface area contributed by atoms with E-state index in [0.29, 0.717) is 19.1 Å². The summed E-state index contributed by atoms with van der Waals surface area (Å²) in [7, 11) is 0. The van der Waals surface area contributed by atoms with E-state index in [1.807, 2.05) is 0 Å². The summed E-state index contributed by atoms with van der Waals surface area (Å²) < 4.78 is 0. The fourth-order valence-corrected chi connectivity index (χ4v) is 2.73.